The molecule has 1 rings (SSSR count). The van der Waals surface area contributed by atoms with Crippen molar-refractivity contribution in [3.05, 3.63) is 0 Å². The van der Waals surface area contributed by atoms with Crippen molar-refractivity contribution in [2.45, 2.75) is 58.0 Å². The monoisotopic (exact) mass is 269 g/mol. The molecule has 1 amide bonds. The van der Waals surface area contributed by atoms with Gasteiger partial charge in [-0.05, 0) is 45.2 Å². The lowest BCUT2D eigenvalue weighted by Crippen LogP contribution is -2.46. The molecule has 1 fully saturated rings. The highest BCUT2D eigenvalue weighted by atomic mass is 16.2. The fourth-order valence-electron chi connectivity index (χ4n) is 2.81. The first-order chi connectivity index (χ1) is 9.08. The van der Waals surface area contributed by atoms with Gasteiger partial charge in [0.25, 0.3) is 0 Å². The zero-order valence-corrected chi connectivity index (χ0v) is 13.1. The lowest BCUT2D eigenvalue weighted by molar-refractivity contribution is -0.130. The van der Waals surface area contributed by atoms with E-state index in [2.05, 4.69) is 24.1 Å². The van der Waals surface area contributed by atoms with Crippen LogP contribution in [0.1, 0.15) is 46.0 Å². The molecule has 0 aliphatic heterocycles. The van der Waals surface area contributed by atoms with Gasteiger partial charge in [-0.3, -0.25) is 9.69 Å². The zero-order valence-electron chi connectivity index (χ0n) is 13.1. The maximum Gasteiger partial charge on any atom is 0.236 e. The molecule has 1 N–H and O–H groups in total. The largest absolute Gasteiger partial charge is 0.348 e. The second kappa shape index (κ2) is 8.54. The van der Waals surface area contributed by atoms with Crippen LogP contribution in [0.2, 0.25) is 0 Å². The molecule has 4 nitrogen and oxygen atoms in total. The summed E-state index contributed by atoms with van der Waals surface area (Å²) in [6, 6.07) is 1.29. The molecule has 0 aromatic heterocycles. The first kappa shape index (κ1) is 16.4. The van der Waals surface area contributed by atoms with E-state index in [0.29, 0.717) is 18.6 Å². The summed E-state index contributed by atoms with van der Waals surface area (Å²) in [5.74, 6) is 0.216. The second-order valence-corrected chi connectivity index (χ2v) is 5.81. The Hall–Kier alpha value is -0.610. The smallest absolute Gasteiger partial charge is 0.236 e. The number of amides is 1. The van der Waals surface area contributed by atoms with E-state index in [0.717, 1.165) is 13.1 Å². The van der Waals surface area contributed by atoms with E-state index >= 15 is 0 Å². The molecule has 1 saturated carbocycles. The number of nitrogens with one attached hydrogen (secondary N) is 1. The van der Waals surface area contributed by atoms with Gasteiger partial charge in [0.15, 0.2) is 0 Å². The van der Waals surface area contributed by atoms with Crippen molar-refractivity contribution in [2.75, 3.05) is 33.7 Å². The molecule has 4 heteroatoms. The van der Waals surface area contributed by atoms with E-state index < -0.39 is 0 Å². The summed E-state index contributed by atoms with van der Waals surface area (Å²) in [7, 11) is 3.67. The minimum Gasteiger partial charge on any atom is -0.348 e. The Morgan fingerprint density at radius 2 is 1.79 bits per heavy atom. The van der Waals surface area contributed by atoms with E-state index in [1.54, 1.807) is 4.90 Å². The van der Waals surface area contributed by atoms with Gasteiger partial charge in [-0.1, -0.05) is 13.8 Å². The average Bonchev–Trinajstić information content (AvgIpc) is 2.42. The normalized spacial score (nSPS) is 23.6. The predicted molar refractivity (Wildman–Crippen MR) is 80.3 cm³/mol. The zero-order chi connectivity index (χ0) is 14.3. The third-order valence-corrected chi connectivity index (χ3v) is 4.14. The van der Waals surface area contributed by atoms with Gasteiger partial charge in [0.2, 0.25) is 5.91 Å². The van der Waals surface area contributed by atoms with Crippen LogP contribution in [0.4, 0.5) is 0 Å². The van der Waals surface area contributed by atoms with Crippen LogP contribution in [0.15, 0.2) is 0 Å². The lowest BCUT2D eigenvalue weighted by Gasteiger charge is -2.36. The predicted octanol–water partition coefficient (Wildman–Crippen LogP) is 1.71. The van der Waals surface area contributed by atoms with Gasteiger partial charge in [-0.25, -0.2) is 0 Å². The highest BCUT2D eigenvalue weighted by Gasteiger charge is 2.26. The molecule has 0 saturated heterocycles. The fourth-order valence-corrected chi connectivity index (χ4v) is 2.81. The Bertz CT molecular complexity index is 260. The number of carbonyl (C=O) groups is 1. The Morgan fingerprint density at radius 1 is 1.16 bits per heavy atom. The standard InChI is InChI=1S/C15H31N3O/c1-5-11-16-13-7-9-14(10-8-13)18(6-2)12-15(19)17(3)4/h13-14,16H,5-12H2,1-4H3. The lowest BCUT2D eigenvalue weighted by atomic mass is 9.90. The molecule has 0 aromatic carbocycles. The second-order valence-electron chi connectivity index (χ2n) is 5.81. The number of rotatable bonds is 7. The van der Waals surface area contributed by atoms with Gasteiger partial charge >= 0.3 is 0 Å². The number of hydrogen-bond acceptors (Lipinski definition) is 3. The van der Waals surface area contributed by atoms with Crippen LogP contribution < -0.4 is 5.32 Å². The Balaban J connectivity index is 2.37. The summed E-state index contributed by atoms with van der Waals surface area (Å²) in [5.41, 5.74) is 0. The molecule has 1 aliphatic carbocycles. The van der Waals surface area contributed by atoms with Gasteiger partial charge in [0.1, 0.15) is 0 Å². The average molecular weight is 269 g/mol. The Labute approximate surface area is 118 Å². The summed E-state index contributed by atoms with van der Waals surface area (Å²) in [6.07, 6.45) is 6.14. The van der Waals surface area contributed by atoms with E-state index in [1.807, 2.05) is 14.1 Å². The van der Waals surface area contributed by atoms with E-state index in [9.17, 15) is 4.79 Å². The van der Waals surface area contributed by atoms with Crippen molar-refractivity contribution in [2.24, 2.45) is 0 Å². The molecular formula is C15H31N3O. The molecule has 0 atom stereocenters. The quantitative estimate of drug-likeness (QED) is 0.764. The van der Waals surface area contributed by atoms with Crippen LogP contribution >= 0.6 is 0 Å². The molecule has 112 valence electrons. The van der Waals surface area contributed by atoms with Crippen molar-refractivity contribution in [3.63, 3.8) is 0 Å². The number of nitrogens with zero attached hydrogens (tertiary/aromatic N) is 2. The molecule has 0 aromatic rings. The van der Waals surface area contributed by atoms with Crippen LogP contribution in [0.3, 0.4) is 0 Å². The van der Waals surface area contributed by atoms with Crippen LogP contribution in [0, 0.1) is 0 Å². The van der Waals surface area contributed by atoms with Gasteiger partial charge in [0, 0.05) is 26.2 Å². The SMILES string of the molecule is CCCNC1CCC(N(CC)CC(=O)N(C)C)CC1. The fraction of sp³-hybridized carbons (Fsp3) is 0.933. The molecule has 1 aliphatic rings. The topological polar surface area (TPSA) is 35.6 Å². The highest BCUT2D eigenvalue weighted by molar-refractivity contribution is 5.77. The molecule has 0 spiro atoms. The van der Waals surface area contributed by atoms with Crippen molar-refractivity contribution in [3.8, 4) is 0 Å². The summed E-state index contributed by atoms with van der Waals surface area (Å²) in [6.45, 7) is 7.04. The van der Waals surface area contributed by atoms with Crippen LogP contribution in [0.5, 0.6) is 0 Å². The maximum absolute atomic E-state index is 11.8. The molecule has 0 heterocycles. The summed E-state index contributed by atoms with van der Waals surface area (Å²) in [4.78, 5) is 15.9. The first-order valence-electron chi connectivity index (χ1n) is 7.76. The molecule has 0 radical (unpaired) electrons. The first-order valence-corrected chi connectivity index (χ1v) is 7.76. The number of hydrogen-bond donors (Lipinski definition) is 1. The van der Waals surface area contributed by atoms with Gasteiger partial charge in [0.05, 0.1) is 6.54 Å². The summed E-state index contributed by atoms with van der Waals surface area (Å²) < 4.78 is 0. The minimum atomic E-state index is 0.216. The van der Waals surface area contributed by atoms with Crippen molar-refractivity contribution in [1.29, 1.82) is 0 Å². The minimum absolute atomic E-state index is 0.216. The number of likely N-dealkylation sites (N-methyl/N-ethyl adjacent to an activating group) is 2. The summed E-state index contributed by atoms with van der Waals surface area (Å²) in [5, 5.41) is 3.61. The third kappa shape index (κ3) is 5.49. The van der Waals surface area contributed by atoms with E-state index in [4.69, 9.17) is 0 Å². The van der Waals surface area contributed by atoms with Gasteiger partial charge < -0.3 is 10.2 Å². The van der Waals surface area contributed by atoms with Crippen LogP contribution in [0.25, 0.3) is 0 Å². The molecular weight excluding hydrogens is 238 g/mol. The van der Waals surface area contributed by atoms with Crippen LogP contribution in [-0.2, 0) is 4.79 Å². The molecule has 0 bridgehead atoms. The van der Waals surface area contributed by atoms with Crippen molar-refractivity contribution < 1.29 is 4.79 Å². The molecule has 0 unspecified atom stereocenters. The van der Waals surface area contributed by atoms with E-state index in [-0.39, 0.29) is 5.91 Å². The highest BCUT2D eigenvalue weighted by Crippen LogP contribution is 2.23. The summed E-state index contributed by atoms with van der Waals surface area (Å²) >= 11 is 0. The van der Waals surface area contributed by atoms with Crippen molar-refractivity contribution in [1.82, 2.24) is 15.1 Å². The maximum atomic E-state index is 11.8. The number of carbonyl (C=O) groups excluding carboxylic acids is 1. The van der Waals surface area contributed by atoms with E-state index in [1.165, 1.54) is 32.1 Å². The third-order valence-electron chi connectivity index (χ3n) is 4.14. The van der Waals surface area contributed by atoms with Crippen LogP contribution in [-0.4, -0.2) is 61.5 Å². The van der Waals surface area contributed by atoms with Crippen molar-refractivity contribution >= 4 is 5.91 Å². The van der Waals surface area contributed by atoms with Gasteiger partial charge in [-0.2, -0.15) is 0 Å². The van der Waals surface area contributed by atoms with Gasteiger partial charge in [-0.15, -0.1) is 0 Å². The Kier molecular flexibility index (Phi) is 7.39. The molecule has 19 heavy (non-hydrogen) atoms. The Morgan fingerprint density at radius 3 is 2.26 bits per heavy atom.